The highest BCUT2D eigenvalue weighted by molar-refractivity contribution is 8.00. The van der Waals surface area contributed by atoms with E-state index >= 15 is 0 Å². The minimum absolute atomic E-state index is 0.464. The minimum atomic E-state index is 0.464. The molecule has 0 amide bonds. The van der Waals surface area contributed by atoms with E-state index in [9.17, 15) is 0 Å². The first-order valence-corrected chi connectivity index (χ1v) is 9.24. The third-order valence-electron chi connectivity index (χ3n) is 4.70. The number of aryl methyl sites for hydroxylation is 2. The highest BCUT2D eigenvalue weighted by atomic mass is 32.2. The van der Waals surface area contributed by atoms with Gasteiger partial charge in [-0.05, 0) is 44.2 Å². The highest BCUT2D eigenvalue weighted by Crippen LogP contribution is 2.32. The van der Waals surface area contributed by atoms with E-state index in [0.717, 1.165) is 36.5 Å². The molecule has 1 aromatic rings. The lowest BCUT2D eigenvalue weighted by Gasteiger charge is -2.39. The van der Waals surface area contributed by atoms with Crippen LogP contribution >= 0.6 is 24.0 Å². The lowest BCUT2D eigenvalue weighted by molar-refractivity contribution is 0.612. The molecule has 2 heterocycles. The van der Waals surface area contributed by atoms with Gasteiger partial charge in [-0.2, -0.15) is 11.8 Å². The van der Waals surface area contributed by atoms with E-state index in [1.807, 2.05) is 11.8 Å². The summed E-state index contributed by atoms with van der Waals surface area (Å²) in [6.07, 6.45) is 4.69. The number of nitrogens with two attached hydrogens (primary N) is 1. The Hall–Kier alpha value is -0.810. The molecule has 2 N–H and O–H groups in total. The molecule has 1 saturated heterocycles. The number of aromatic nitrogens is 1. The zero-order valence-electron chi connectivity index (χ0n) is 12.8. The number of hydrogen-bond acceptors (Lipinski definition) is 4. The number of fused-ring (bicyclic) bond motifs is 1. The Labute approximate surface area is 136 Å². The zero-order valence-corrected chi connectivity index (χ0v) is 14.4. The van der Waals surface area contributed by atoms with Crippen LogP contribution in [-0.4, -0.2) is 33.6 Å². The summed E-state index contributed by atoms with van der Waals surface area (Å²) in [6, 6.07) is 2.67. The van der Waals surface area contributed by atoms with E-state index < -0.39 is 0 Å². The summed E-state index contributed by atoms with van der Waals surface area (Å²) in [5, 5.41) is 0.607. The van der Waals surface area contributed by atoms with Gasteiger partial charge < -0.3 is 10.6 Å². The normalized spacial score (nSPS) is 25.5. The molecular formula is C16H23N3S2. The maximum atomic E-state index is 5.99. The third-order valence-corrected chi connectivity index (χ3v) is 6.26. The molecule has 1 aliphatic heterocycles. The molecule has 0 saturated carbocycles. The molecule has 114 valence electrons. The van der Waals surface area contributed by atoms with Crippen LogP contribution in [-0.2, 0) is 12.8 Å². The molecule has 0 radical (unpaired) electrons. The first kappa shape index (κ1) is 15.1. The largest absolute Gasteiger partial charge is 0.389 e. The van der Waals surface area contributed by atoms with Crippen molar-refractivity contribution in [1.82, 2.24) is 4.98 Å². The summed E-state index contributed by atoms with van der Waals surface area (Å²) in [7, 11) is 0. The molecule has 5 heteroatoms. The Morgan fingerprint density at radius 2 is 2.14 bits per heavy atom. The third kappa shape index (κ3) is 2.90. The van der Waals surface area contributed by atoms with Crippen molar-refractivity contribution in [2.75, 3.05) is 17.2 Å². The van der Waals surface area contributed by atoms with Crippen molar-refractivity contribution in [3.8, 4) is 0 Å². The average molecular weight is 322 g/mol. The Bertz CT molecular complexity index is 559. The Morgan fingerprint density at radius 1 is 1.38 bits per heavy atom. The van der Waals surface area contributed by atoms with E-state index in [1.165, 1.54) is 24.1 Å². The van der Waals surface area contributed by atoms with Gasteiger partial charge in [0.25, 0.3) is 0 Å². The molecule has 2 atom stereocenters. The van der Waals surface area contributed by atoms with Crippen molar-refractivity contribution in [2.45, 2.75) is 50.8 Å². The van der Waals surface area contributed by atoms with Crippen LogP contribution in [0.2, 0.25) is 0 Å². The van der Waals surface area contributed by atoms with E-state index in [0.29, 0.717) is 16.3 Å². The van der Waals surface area contributed by atoms with Gasteiger partial charge in [0.15, 0.2) is 0 Å². The van der Waals surface area contributed by atoms with Crippen LogP contribution in [0.5, 0.6) is 0 Å². The van der Waals surface area contributed by atoms with E-state index in [1.54, 1.807) is 0 Å². The van der Waals surface area contributed by atoms with Gasteiger partial charge in [0.2, 0.25) is 0 Å². The fourth-order valence-corrected chi connectivity index (χ4v) is 4.50. The van der Waals surface area contributed by atoms with Crippen LogP contribution in [0.15, 0.2) is 6.07 Å². The lowest BCUT2D eigenvalue weighted by atomic mass is 9.94. The summed E-state index contributed by atoms with van der Waals surface area (Å²) in [4.78, 5) is 7.88. The number of hydrogen-bond donors (Lipinski definition) is 1. The zero-order chi connectivity index (χ0) is 15.0. The van der Waals surface area contributed by atoms with Crippen molar-refractivity contribution >= 4 is 34.8 Å². The van der Waals surface area contributed by atoms with Crippen LogP contribution < -0.4 is 10.6 Å². The van der Waals surface area contributed by atoms with E-state index in [4.69, 9.17) is 22.9 Å². The summed E-state index contributed by atoms with van der Waals surface area (Å²) < 4.78 is 0. The number of thiocarbonyl (C=S) groups is 1. The van der Waals surface area contributed by atoms with Gasteiger partial charge in [-0.25, -0.2) is 4.98 Å². The van der Waals surface area contributed by atoms with Crippen LogP contribution in [0, 0.1) is 0 Å². The molecule has 21 heavy (non-hydrogen) atoms. The second kappa shape index (κ2) is 6.13. The Kier molecular flexibility index (Phi) is 4.41. The maximum absolute atomic E-state index is 5.99. The maximum Gasteiger partial charge on any atom is 0.139 e. The molecule has 0 bridgehead atoms. The van der Waals surface area contributed by atoms with Crippen molar-refractivity contribution < 1.29 is 0 Å². The topological polar surface area (TPSA) is 42.2 Å². The van der Waals surface area contributed by atoms with Crippen molar-refractivity contribution in [3.63, 3.8) is 0 Å². The fraction of sp³-hybridized carbons (Fsp3) is 0.625. The molecule has 1 fully saturated rings. The van der Waals surface area contributed by atoms with Crippen molar-refractivity contribution in [1.29, 1.82) is 0 Å². The van der Waals surface area contributed by atoms with Gasteiger partial charge in [-0.15, -0.1) is 0 Å². The Balaban J connectivity index is 2.05. The number of nitrogens with zero attached hydrogens (tertiary/aromatic N) is 2. The number of thioether (sulfide) groups is 1. The van der Waals surface area contributed by atoms with Gasteiger partial charge in [0.05, 0.1) is 5.56 Å². The van der Waals surface area contributed by atoms with Crippen LogP contribution in [0.4, 0.5) is 5.82 Å². The number of anilines is 1. The van der Waals surface area contributed by atoms with Crippen LogP contribution in [0.25, 0.3) is 0 Å². The van der Waals surface area contributed by atoms with Gasteiger partial charge in [0.1, 0.15) is 10.8 Å². The minimum Gasteiger partial charge on any atom is -0.389 e. The molecule has 2 aliphatic rings. The quantitative estimate of drug-likeness (QED) is 0.848. The summed E-state index contributed by atoms with van der Waals surface area (Å²) >= 11 is 7.33. The first-order chi connectivity index (χ1) is 10.1. The summed E-state index contributed by atoms with van der Waals surface area (Å²) in [6.45, 7) is 5.60. The Morgan fingerprint density at radius 3 is 2.90 bits per heavy atom. The molecule has 1 aromatic heterocycles. The molecule has 3 nitrogen and oxygen atoms in total. The number of pyridine rings is 1. The van der Waals surface area contributed by atoms with E-state index in [-0.39, 0.29) is 0 Å². The van der Waals surface area contributed by atoms with E-state index in [2.05, 4.69) is 24.8 Å². The second-order valence-electron chi connectivity index (χ2n) is 6.05. The average Bonchev–Trinajstić information content (AvgIpc) is 2.48. The molecule has 2 unspecified atom stereocenters. The SMILES string of the molecule is CC1SCCN(c2nc3c(cc2C(N)=S)CCCC3)C1C. The van der Waals surface area contributed by atoms with Crippen LogP contribution in [0.3, 0.4) is 0 Å². The predicted molar refractivity (Wildman–Crippen MR) is 95.5 cm³/mol. The highest BCUT2D eigenvalue weighted by Gasteiger charge is 2.29. The van der Waals surface area contributed by atoms with Crippen molar-refractivity contribution in [3.05, 3.63) is 22.9 Å². The molecule has 0 aromatic carbocycles. The fourth-order valence-electron chi connectivity index (χ4n) is 3.26. The summed E-state index contributed by atoms with van der Waals surface area (Å²) in [5.41, 5.74) is 9.57. The van der Waals surface area contributed by atoms with Gasteiger partial charge >= 0.3 is 0 Å². The standard InChI is InChI=1S/C16H23N3S2/c1-10-11(2)21-8-7-19(10)16-13(15(17)20)9-12-5-3-4-6-14(12)18-16/h9-11H,3-8H2,1-2H3,(H2,17,20). The molecular weight excluding hydrogens is 298 g/mol. The monoisotopic (exact) mass is 321 g/mol. The van der Waals surface area contributed by atoms with Crippen molar-refractivity contribution in [2.24, 2.45) is 5.73 Å². The first-order valence-electron chi connectivity index (χ1n) is 7.78. The summed E-state index contributed by atoms with van der Waals surface area (Å²) in [5.74, 6) is 2.16. The lowest BCUT2D eigenvalue weighted by Crippen LogP contribution is -2.46. The predicted octanol–water partition coefficient (Wildman–Crippen LogP) is 2.92. The molecule has 3 rings (SSSR count). The molecule has 1 aliphatic carbocycles. The second-order valence-corrected chi connectivity index (χ2v) is 7.97. The van der Waals surface area contributed by atoms with Gasteiger partial charge in [-0.1, -0.05) is 19.1 Å². The van der Waals surface area contributed by atoms with Gasteiger partial charge in [-0.3, -0.25) is 0 Å². The number of rotatable bonds is 2. The van der Waals surface area contributed by atoms with Crippen LogP contribution in [0.1, 0.15) is 43.5 Å². The molecule has 0 spiro atoms. The van der Waals surface area contributed by atoms with Gasteiger partial charge in [0, 0.05) is 29.3 Å². The smallest absolute Gasteiger partial charge is 0.139 e.